The van der Waals surface area contributed by atoms with Crippen LogP contribution in [0.25, 0.3) is 5.52 Å². The van der Waals surface area contributed by atoms with E-state index in [0.717, 1.165) is 5.52 Å². The lowest BCUT2D eigenvalue weighted by Crippen LogP contribution is -2.27. The molecule has 0 aliphatic carbocycles. The number of fused-ring (bicyclic) bond motifs is 1. The molecule has 17 heavy (non-hydrogen) atoms. The van der Waals surface area contributed by atoms with Crippen LogP contribution in [0, 0.1) is 0 Å². The first-order valence-corrected chi connectivity index (χ1v) is 5.25. The van der Waals surface area contributed by atoms with Gasteiger partial charge in [0.05, 0.1) is 11.9 Å². The lowest BCUT2D eigenvalue weighted by molar-refractivity contribution is 0.0636. The van der Waals surface area contributed by atoms with Crippen LogP contribution in [0.1, 0.15) is 20.8 Å². The molecular weight excluding hydrogens is 220 g/mol. The van der Waals surface area contributed by atoms with Crippen LogP contribution < -0.4 is 5.32 Å². The molecule has 0 aliphatic rings. The molecule has 2 rings (SSSR count). The molecule has 0 atom stereocenters. The summed E-state index contributed by atoms with van der Waals surface area (Å²) in [6.45, 7) is 5.44. The van der Waals surface area contributed by atoms with Gasteiger partial charge in [-0.25, -0.2) is 9.31 Å². The smallest absolute Gasteiger partial charge is 0.412 e. The second-order valence-corrected chi connectivity index (χ2v) is 4.61. The van der Waals surface area contributed by atoms with Crippen molar-refractivity contribution in [1.82, 2.24) is 14.8 Å². The van der Waals surface area contributed by atoms with Crippen LogP contribution in [0.3, 0.4) is 0 Å². The van der Waals surface area contributed by atoms with Crippen molar-refractivity contribution in [3.63, 3.8) is 0 Å². The molecule has 90 valence electrons. The third-order valence-electron chi connectivity index (χ3n) is 1.98. The van der Waals surface area contributed by atoms with E-state index in [2.05, 4.69) is 15.6 Å². The van der Waals surface area contributed by atoms with Crippen molar-refractivity contribution in [2.75, 3.05) is 5.32 Å². The molecule has 2 aromatic rings. The largest absolute Gasteiger partial charge is 0.444 e. The summed E-state index contributed by atoms with van der Waals surface area (Å²) in [5.41, 5.74) is 0.818. The van der Waals surface area contributed by atoms with Gasteiger partial charge in [0.15, 0.2) is 0 Å². The zero-order chi connectivity index (χ0) is 12.5. The minimum Gasteiger partial charge on any atom is -0.444 e. The van der Waals surface area contributed by atoms with Crippen LogP contribution in [0.2, 0.25) is 0 Å². The van der Waals surface area contributed by atoms with Gasteiger partial charge < -0.3 is 4.74 Å². The molecule has 0 fully saturated rings. The first-order valence-electron chi connectivity index (χ1n) is 5.25. The van der Waals surface area contributed by atoms with Crippen molar-refractivity contribution >= 4 is 17.3 Å². The van der Waals surface area contributed by atoms with E-state index in [9.17, 15) is 4.79 Å². The van der Waals surface area contributed by atoms with Crippen molar-refractivity contribution in [3.05, 3.63) is 24.5 Å². The van der Waals surface area contributed by atoms with E-state index in [0.29, 0.717) is 5.69 Å². The van der Waals surface area contributed by atoms with Gasteiger partial charge >= 0.3 is 6.09 Å². The third kappa shape index (κ3) is 2.72. The van der Waals surface area contributed by atoms with Gasteiger partial charge in [0.25, 0.3) is 0 Å². The summed E-state index contributed by atoms with van der Waals surface area (Å²) in [5, 5.41) is 10.3. The number of rotatable bonds is 1. The minimum absolute atomic E-state index is 0.494. The highest BCUT2D eigenvalue weighted by Crippen LogP contribution is 2.16. The molecule has 1 amide bonds. The van der Waals surface area contributed by atoms with E-state index in [4.69, 9.17) is 4.74 Å². The number of carbonyl (C=O) groups excluding carboxylic acids is 1. The standard InChI is InChI=1S/C11H14N4O2/c1-11(2,3)17-10(16)13-8-5-4-6-15-9(8)7-12-14-15/h4-7H,1-3H3,(H,13,16). The van der Waals surface area contributed by atoms with Gasteiger partial charge in [-0.1, -0.05) is 5.21 Å². The molecule has 0 aromatic carbocycles. The molecule has 0 bridgehead atoms. The minimum atomic E-state index is -0.520. The van der Waals surface area contributed by atoms with Crippen LogP contribution in [-0.2, 0) is 4.74 Å². The normalized spacial score (nSPS) is 11.5. The summed E-state index contributed by atoms with van der Waals surface area (Å²) in [5.74, 6) is 0. The molecule has 1 N–H and O–H groups in total. The second-order valence-electron chi connectivity index (χ2n) is 4.61. The van der Waals surface area contributed by atoms with Gasteiger partial charge in [0, 0.05) is 6.20 Å². The van der Waals surface area contributed by atoms with Crippen LogP contribution in [0.15, 0.2) is 24.5 Å². The predicted octanol–water partition coefficient (Wildman–Crippen LogP) is 2.08. The zero-order valence-electron chi connectivity index (χ0n) is 9.97. The van der Waals surface area contributed by atoms with Gasteiger partial charge in [0.2, 0.25) is 0 Å². The Hall–Kier alpha value is -2.11. The molecule has 0 spiro atoms. The lowest BCUT2D eigenvalue weighted by Gasteiger charge is -2.19. The van der Waals surface area contributed by atoms with Crippen molar-refractivity contribution < 1.29 is 9.53 Å². The van der Waals surface area contributed by atoms with E-state index in [1.807, 2.05) is 20.8 Å². The first-order chi connectivity index (χ1) is 7.96. The van der Waals surface area contributed by atoms with Crippen LogP contribution in [-0.4, -0.2) is 26.5 Å². The quantitative estimate of drug-likeness (QED) is 0.820. The Morgan fingerprint density at radius 2 is 2.24 bits per heavy atom. The molecule has 0 unspecified atom stereocenters. The highest BCUT2D eigenvalue weighted by Gasteiger charge is 2.17. The molecule has 0 aliphatic heterocycles. The molecule has 2 aromatic heterocycles. The highest BCUT2D eigenvalue weighted by atomic mass is 16.6. The average Bonchev–Trinajstić information content (AvgIpc) is 2.63. The Morgan fingerprint density at radius 1 is 1.47 bits per heavy atom. The molecule has 0 saturated heterocycles. The Morgan fingerprint density at radius 3 is 2.94 bits per heavy atom. The molecule has 0 saturated carbocycles. The molecule has 2 heterocycles. The fourth-order valence-corrected chi connectivity index (χ4v) is 1.37. The predicted molar refractivity (Wildman–Crippen MR) is 62.8 cm³/mol. The van der Waals surface area contributed by atoms with Crippen molar-refractivity contribution in [2.45, 2.75) is 26.4 Å². The number of anilines is 1. The number of hydrogen-bond acceptors (Lipinski definition) is 4. The maximum atomic E-state index is 11.6. The van der Waals surface area contributed by atoms with E-state index >= 15 is 0 Å². The number of carbonyl (C=O) groups is 1. The summed E-state index contributed by atoms with van der Waals surface area (Å²) in [6.07, 6.45) is 2.83. The monoisotopic (exact) mass is 234 g/mol. The number of aromatic nitrogens is 3. The summed E-state index contributed by atoms with van der Waals surface area (Å²) >= 11 is 0. The topological polar surface area (TPSA) is 68.5 Å². The van der Waals surface area contributed by atoms with Gasteiger partial charge in [-0.15, -0.1) is 5.10 Å². The Bertz CT molecular complexity index is 542. The van der Waals surface area contributed by atoms with Crippen LogP contribution >= 0.6 is 0 Å². The van der Waals surface area contributed by atoms with Gasteiger partial charge in [-0.3, -0.25) is 5.32 Å². The Labute approximate surface area is 98.6 Å². The Kier molecular flexibility index (Phi) is 2.71. The van der Waals surface area contributed by atoms with E-state index in [1.54, 1.807) is 29.0 Å². The molecule has 0 radical (unpaired) electrons. The first kappa shape index (κ1) is 11.4. The van der Waals surface area contributed by atoms with E-state index < -0.39 is 11.7 Å². The molecule has 6 nitrogen and oxygen atoms in total. The number of nitrogens with zero attached hydrogens (tertiary/aromatic N) is 3. The highest BCUT2D eigenvalue weighted by molar-refractivity contribution is 5.90. The zero-order valence-corrected chi connectivity index (χ0v) is 9.97. The SMILES string of the molecule is CC(C)(C)OC(=O)Nc1cccn2nncc12. The summed E-state index contributed by atoms with van der Waals surface area (Å²) < 4.78 is 6.74. The van der Waals surface area contributed by atoms with Crippen LogP contribution in [0.4, 0.5) is 10.5 Å². The maximum Gasteiger partial charge on any atom is 0.412 e. The third-order valence-corrected chi connectivity index (χ3v) is 1.98. The lowest BCUT2D eigenvalue weighted by atomic mass is 10.2. The molecule has 6 heteroatoms. The molecular formula is C11H14N4O2. The Balaban J connectivity index is 2.18. The maximum absolute atomic E-state index is 11.6. The number of hydrogen-bond donors (Lipinski definition) is 1. The van der Waals surface area contributed by atoms with Crippen LogP contribution in [0.5, 0.6) is 0 Å². The summed E-state index contributed by atoms with van der Waals surface area (Å²) in [6, 6.07) is 3.54. The van der Waals surface area contributed by atoms with Gasteiger partial charge in [0.1, 0.15) is 11.1 Å². The fourth-order valence-electron chi connectivity index (χ4n) is 1.37. The average molecular weight is 234 g/mol. The number of nitrogens with one attached hydrogen (secondary N) is 1. The summed E-state index contributed by atoms with van der Waals surface area (Å²) in [7, 11) is 0. The van der Waals surface area contributed by atoms with E-state index in [1.165, 1.54) is 0 Å². The van der Waals surface area contributed by atoms with Gasteiger partial charge in [-0.2, -0.15) is 0 Å². The summed E-state index contributed by atoms with van der Waals surface area (Å²) in [4.78, 5) is 11.6. The van der Waals surface area contributed by atoms with Gasteiger partial charge in [-0.05, 0) is 32.9 Å². The van der Waals surface area contributed by atoms with Crippen molar-refractivity contribution in [1.29, 1.82) is 0 Å². The second kappa shape index (κ2) is 4.04. The number of pyridine rings is 1. The van der Waals surface area contributed by atoms with Crippen molar-refractivity contribution in [3.8, 4) is 0 Å². The number of ether oxygens (including phenoxy) is 1. The fraction of sp³-hybridized carbons (Fsp3) is 0.364. The van der Waals surface area contributed by atoms with E-state index in [-0.39, 0.29) is 0 Å². The van der Waals surface area contributed by atoms with Crippen molar-refractivity contribution in [2.24, 2.45) is 0 Å². The number of amides is 1.